The highest BCUT2D eigenvalue weighted by molar-refractivity contribution is 7.11. The standard InChI is InChI=1S/C13H10N6O2S/c1-6-15-5-9-12(16-6)19-22-13(9)18-17-7-2-3-10(20)8(4-7)11(14)21/h2-5,20H,1H3,(H2,14,21)/b18-17+. The Bertz CT molecular complexity index is 905. The van der Waals surface area contributed by atoms with Crippen molar-refractivity contribution >= 4 is 39.2 Å². The van der Waals surface area contributed by atoms with E-state index in [2.05, 4.69) is 24.6 Å². The van der Waals surface area contributed by atoms with Crippen molar-refractivity contribution in [3.05, 3.63) is 35.8 Å². The molecule has 0 unspecified atom stereocenters. The third kappa shape index (κ3) is 2.61. The summed E-state index contributed by atoms with van der Waals surface area (Å²) in [7, 11) is 0. The minimum Gasteiger partial charge on any atom is -0.507 e. The predicted molar refractivity (Wildman–Crippen MR) is 80.7 cm³/mol. The van der Waals surface area contributed by atoms with Gasteiger partial charge in [-0.05, 0) is 36.7 Å². The van der Waals surface area contributed by atoms with Crippen molar-refractivity contribution in [3.63, 3.8) is 0 Å². The van der Waals surface area contributed by atoms with Crippen LogP contribution in [0, 0.1) is 6.92 Å². The molecule has 22 heavy (non-hydrogen) atoms. The molecule has 3 N–H and O–H groups in total. The number of fused-ring (bicyclic) bond motifs is 1. The Morgan fingerprint density at radius 3 is 2.95 bits per heavy atom. The molecular weight excluding hydrogens is 304 g/mol. The number of rotatable bonds is 3. The number of carbonyl (C=O) groups is 1. The van der Waals surface area contributed by atoms with Gasteiger partial charge in [0.25, 0.3) is 5.91 Å². The molecule has 0 aliphatic rings. The fourth-order valence-electron chi connectivity index (χ4n) is 1.77. The highest BCUT2D eigenvalue weighted by atomic mass is 32.1. The van der Waals surface area contributed by atoms with E-state index in [1.807, 2.05) is 0 Å². The van der Waals surface area contributed by atoms with Crippen molar-refractivity contribution in [2.24, 2.45) is 16.0 Å². The van der Waals surface area contributed by atoms with Crippen LogP contribution in [0.5, 0.6) is 5.75 Å². The molecule has 8 nitrogen and oxygen atoms in total. The number of phenols is 1. The van der Waals surface area contributed by atoms with Gasteiger partial charge in [0.2, 0.25) is 0 Å². The fraction of sp³-hybridized carbons (Fsp3) is 0.0769. The minimum absolute atomic E-state index is 0.00966. The second-order valence-corrected chi connectivity index (χ2v) is 5.16. The van der Waals surface area contributed by atoms with E-state index in [-0.39, 0.29) is 11.3 Å². The number of aromatic hydroxyl groups is 1. The topological polar surface area (TPSA) is 127 Å². The first kappa shape index (κ1) is 14.0. The molecule has 3 rings (SSSR count). The molecule has 0 atom stereocenters. The maximum Gasteiger partial charge on any atom is 0.252 e. The molecule has 0 aliphatic carbocycles. The zero-order valence-corrected chi connectivity index (χ0v) is 12.2. The van der Waals surface area contributed by atoms with Crippen LogP contribution in [0.4, 0.5) is 10.7 Å². The van der Waals surface area contributed by atoms with Gasteiger partial charge in [-0.2, -0.15) is 4.37 Å². The second kappa shape index (κ2) is 5.45. The van der Waals surface area contributed by atoms with Crippen LogP contribution in [-0.2, 0) is 0 Å². The van der Waals surface area contributed by atoms with E-state index in [0.717, 1.165) is 11.5 Å². The summed E-state index contributed by atoms with van der Waals surface area (Å²) in [6.45, 7) is 1.78. The molecular formula is C13H10N6O2S. The number of amides is 1. The molecule has 1 aromatic carbocycles. The fourth-order valence-corrected chi connectivity index (χ4v) is 2.40. The number of carbonyl (C=O) groups excluding carboxylic acids is 1. The van der Waals surface area contributed by atoms with Crippen LogP contribution >= 0.6 is 11.5 Å². The normalized spacial score (nSPS) is 11.3. The molecule has 3 aromatic rings. The third-order valence-electron chi connectivity index (χ3n) is 2.84. The van der Waals surface area contributed by atoms with Gasteiger partial charge in [0, 0.05) is 6.20 Å². The molecule has 0 bridgehead atoms. The van der Waals surface area contributed by atoms with Gasteiger partial charge < -0.3 is 10.8 Å². The number of benzene rings is 1. The summed E-state index contributed by atoms with van der Waals surface area (Å²) >= 11 is 1.15. The molecule has 0 saturated heterocycles. The van der Waals surface area contributed by atoms with Crippen molar-refractivity contribution in [3.8, 4) is 5.75 Å². The van der Waals surface area contributed by atoms with E-state index >= 15 is 0 Å². The Hall–Kier alpha value is -2.94. The molecule has 2 aromatic heterocycles. The van der Waals surface area contributed by atoms with Crippen molar-refractivity contribution < 1.29 is 9.90 Å². The number of azo groups is 1. The predicted octanol–water partition coefficient (Wildman–Crippen LogP) is 2.61. The number of aromatic nitrogens is 3. The van der Waals surface area contributed by atoms with Crippen molar-refractivity contribution in [2.75, 3.05) is 0 Å². The van der Waals surface area contributed by atoms with Crippen LogP contribution in [0.25, 0.3) is 11.0 Å². The summed E-state index contributed by atoms with van der Waals surface area (Å²) in [6.07, 6.45) is 1.64. The van der Waals surface area contributed by atoms with Crippen LogP contribution in [-0.4, -0.2) is 25.4 Å². The lowest BCUT2D eigenvalue weighted by Gasteiger charge is -2.00. The number of aryl methyl sites for hydroxylation is 1. The first-order chi connectivity index (χ1) is 10.5. The van der Waals surface area contributed by atoms with Gasteiger partial charge in [-0.1, -0.05) is 0 Å². The van der Waals surface area contributed by atoms with E-state index in [0.29, 0.717) is 27.5 Å². The van der Waals surface area contributed by atoms with E-state index in [1.54, 1.807) is 13.1 Å². The quantitative estimate of drug-likeness (QED) is 0.718. The SMILES string of the molecule is Cc1ncc2c(/N=N/c3ccc(O)c(C(N)=O)c3)snc2n1. The summed E-state index contributed by atoms with van der Waals surface area (Å²) in [5, 5.41) is 18.9. The molecule has 0 aliphatic heterocycles. The first-order valence-corrected chi connectivity index (χ1v) is 6.95. The molecule has 110 valence electrons. The lowest BCUT2D eigenvalue weighted by atomic mass is 10.2. The second-order valence-electron chi connectivity index (χ2n) is 4.41. The van der Waals surface area contributed by atoms with Gasteiger partial charge >= 0.3 is 0 Å². The van der Waals surface area contributed by atoms with Crippen molar-refractivity contribution in [1.29, 1.82) is 0 Å². The lowest BCUT2D eigenvalue weighted by Crippen LogP contribution is -2.10. The Balaban J connectivity index is 1.96. The Morgan fingerprint density at radius 1 is 1.36 bits per heavy atom. The largest absolute Gasteiger partial charge is 0.507 e. The summed E-state index contributed by atoms with van der Waals surface area (Å²) in [5.74, 6) is -0.300. The van der Waals surface area contributed by atoms with E-state index in [1.165, 1.54) is 18.2 Å². The van der Waals surface area contributed by atoms with Crippen LogP contribution in [0.3, 0.4) is 0 Å². The number of hydrogen-bond acceptors (Lipinski definition) is 8. The van der Waals surface area contributed by atoms with E-state index < -0.39 is 5.91 Å². The number of primary amides is 1. The van der Waals surface area contributed by atoms with Crippen LogP contribution in [0.15, 0.2) is 34.6 Å². The van der Waals surface area contributed by atoms with Crippen molar-refractivity contribution in [1.82, 2.24) is 14.3 Å². The number of hydrogen-bond donors (Lipinski definition) is 2. The molecule has 1 amide bonds. The number of nitrogens with zero attached hydrogens (tertiary/aromatic N) is 5. The van der Waals surface area contributed by atoms with Gasteiger partial charge in [-0.3, -0.25) is 4.79 Å². The summed E-state index contributed by atoms with van der Waals surface area (Å²) in [5.41, 5.74) is 6.11. The van der Waals surface area contributed by atoms with E-state index in [9.17, 15) is 9.90 Å². The van der Waals surface area contributed by atoms with Crippen LogP contribution in [0.2, 0.25) is 0 Å². The highest BCUT2D eigenvalue weighted by Crippen LogP contribution is 2.31. The molecule has 9 heteroatoms. The minimum atomic E-state index is -0.735. The Labute approximate surface area is 128 Å². The number of nitrogens with two attached hydrogens (primary N) is 1. The van der Waals surface area contributed by atoms with Gasteiger partial charge in [-0.15, -0.1) is 10.2 Å². The Kier molecular flexibility index (Phi) is 3.47. The summed E-state index contributed by atoms with van der Waals surface area (Å²) < 4.78 is 4.17. The summed E-state index contributed by atoms with van der Waals surface area (Å²) in [4.78, 5) is 19.5. The average molecular weight is 314 g/mol. The molecule has 0 fully saturated rings. The molecule has 0 spiro atoms. The molecule has 0 saturated carbocycles. The monoisotopic (exact) mass is 314 g/mol. The Morgan fingerprint density at radius 2 is 2.18 bits per heavy atom. The van der Waals surface area contributed by atoms with Gasteiger partial charge in [0.05, 0.1) is 16.6 Å². The van der Waals surface area contributed by atoms with Gasteiger partial charge in [0.1, 0.15) is 11.6 Å². The zero-order valence-electron chi connectivity index (χ0n) is 11.4. The zero-order chi connectivity index (χ0) is 15.7. The van der Waals surface area contributed by atoms with E-state index in [4.69, 9.17) is 5.73 Å². The maximum atomic E-state index is 11.2. The molecule has 0 radical (unpaired) electrons. The van der Waals surface area contributed by atoms with Gasteiger partial charge in [0.15, 0.2) is 10.6 Å². The van der Waals surface area contributed by atoms with Gasteiger partial charge in [-0.25, -0.2) is 9.97 Å². The highest BCUT2D eigenvalue weighted by Gasteiger charge is 2.09. The average Bonchev–Trinajstić information content (AvgIpc) is 2.88. The third-order valence-corrected chi connectivity index (χ3v) is 3.58. The van der Waals surface area contributed by atoms with Crippen LogP contribution < -0.4 is 5.73 Å². The maximum absolute atomic E-state index is 11.2. The van der Waals surface area contributed by atoms with Crippen LogP contribution in [0.1, 0.15) is 16.2 Å². The van der Waals surface area contributed by atoms with Crippen molar-refractivity contribution in [2.45, 2.75) is 6.92 Å². The lowest BCUT2D eigenvalue weighted by molar-refractivity contribution is 0.0998. The first-order valence-electron chi connectivity index (χ1n) is 6.18. The molecule has 2 heterocycles. The summed E-state index contributed by atoms with van der Waals surface area (Å²) in [6, 6.07) is 4.23. The smallest absolute Gasteiger partial charge is 0.252 e.